The fraction of sp³-hybridized carbons (Fsp3) is 0.261. The predicted molar refractivity (Wildman–Crippen MR) is 116 cm³/mol. The molecule has 0 aliphatic rings. The van der Waals surface area contributed by atoms with Gasteiger partial charge in [0.25, 0.3) is 5.91 Å². The van der Waals surface area contributed by atoms with Crippen molar-refractivity contribution in [2.75, 3.05) is 0 Å². The summed E-state index contributed by atoms with van der Waals surface area (Å²) in [7, 11) is 0. The lowest BCUT2D eigenvalue weighted by Crippen LogP contribution is -2.38. The van der Waals surface area contributed by atoms with Crippen LogP contribution < -0.4 is 0 Å². The Morgan fingerprint density at radius 3 is 2.50 bits per heavy atom. The minimum absolute atomic E-state index is 0.0801. The second-order valence-corrected chi connectivity index (χ2v) is 7.77. The molecule has 3 rings (SSSR count). The summed E-state index contributed by atoms with van der Waals surface area (Å²) in [6.07, 6.45) is 2.91. The first-order valence-corrected chi connectivity index (χ1v) is 10.2. The van der Waals surface area contributed by atoms with Gasteiger partial charge in [0.2, 0.25) is 0 Å². The molecule has 0 saturated carbocycles. The third kappa shape index (κ3) is 4.78. The Bertz CT molecular complexity index is 937. The van der Waals surface area contributed by atoms with Gasteiger partial charge in [-0.15, -0.1) is 0 Å². The third-order valence-corrected chi connectivity index (χ3v) is 5.54. The molecule has 1 amide bonds. The van der Waals surface area contributed by atoms with Crippen LogP contribution in [0.2, 0.25) is 10.0 Å². The van der Waals surface area contributed by atoms with Crippen molar-refractivity contribution in [3.8, 4) is 0 Å². The SMILES string of the molecule is CC[C@@H](C)N(Cc1cccn1Cc1ccccc1)C(=O)c1ccc(Cl)cc1Cl. The zero-order valence-electron chi connectivity index (χ0n) is 16.1. The molecule has 0 unspecified atom stereocenters. The van der Waals surface area contributed by atoms with Gasteiger partial charge < -0.3 is 9.47 Å². The fourth-order valence-electron chi connectivity index (χ4n) is 3.17. The molecule has 0 N–H and O–H groups in total. The highest BCUT2D eigenvalue weighted by atomic mass is 35.5. The molecule has 1 atom stereocenters. The maximum absolute atomic E-state index is 13.3. The molecular formula is C23H24Cl2N2O. The number of hydrogen-bond acceptors (Lipinski definition) is 1. The van der Waals surface area contributed by atoms with Gasteiger partial charge in [0.1, 0.15) is 0 Å². The minimum Gasteiger partial charge on any atom is -0.345 e. The Morgan fingerprint density at radius 2 is 1.82 bits per heavy atom. The van der Waals surface area contributed by atoms with Crippen molar-refractivity contribution < 1.29 is 4.79 Å². The number of rotatable bonds is 7. The molecule has 0 saturated heterocycles. The maximum Gasteiger partial charge on any atom is 0.255 e. The lowest BCUT2D eigenvalue weighted by molar-refractivity contribution is 0.0667. The number of carbonyl (C=O) groups excluding carboxylic acids is 1. The van der Waals surface area contributed by atoms with E-state index in [1.165, 1.54) is 5.56 Å². The highest BCUT2D eigenvalue weighted by Gasteiger charge is 2.23. The largest absolute Gasteiger partial charge is 0.345 e. The number of halogens is 2. The summed E-state index contributed by atoms with van der Waals surface area (Å²) in [5, 5.41) is 0.902. The van der Waals surface area contributed by atoms with Crippen molar-refractivity contribution in [3.05, 3.63) is 93.7 Å². The number of nitrogens with zero attached hydrogens (tertiary/aromatic N) is 2. The molecule has 0 radical (unpaired) electrons. The van der Waals surface area contributed by atoms with E-state index < -0.39 is 0 Å². The van der Waals surface area contributed by atoms with Crippen molar-refractivity contribution in [1.82, 2.24) is 9.47 Å². The Kier molecular flexibility index (Phi) is 6.82. The van der Waals surface area contributed by atoms with E-state index in [1.807, 2.05) is 29.2 Å². The topological polar surface area (TPSA) is 25.2 Å². The molecule has 3 aromatic rings. The van der Waals surface area contributed by atoms with Crippen LogP contribution in [0.4, 0.5) is 0 Å². The molecule has 146 valence electrons. The van der Waals surface area contributed by atoms with Crippen molar-refractivity contribution in [2.45, 2.75) is 39.4 Å². The van der Waals surface area contributed by atoms with Crippen LogP contribution in [0, 0.1) is 0 Å². The van der Waals surface area contributed by atoms with Crippen LogP contribution in [-0.2, 0) is 13.1 Å². The molecule has 0 aliphatic heterocycles. The quantitative estimate of drug-likeness (QED) is 0.446. The molecule has 0 aliphatic carbocycles. The summed E-state index contributed by atoms with van der Waals surface area (Å²) in [6, 6.07) is 19.5. The van der Waals surface area contributed by atoms with Gasteiger partial charge >= 0.3 is 0 Å². The van der Waals surface area contributed by atoms with Gasteiger partial charge in [0, 0.05) is 29.5 Å². The number of benzene rings is 2. The average molecular weight is 415 g/mol. The van der Waals surface area contributed by atoms with Crippen LogP contribution in [-0.4, -0.2) is 21.4 Å². The average Bonchev–Trinajstić information content (AvgIpc) is 3.12. The first-order valence-electron chi connectivity index (χ1n) is 9.43. The van der Waals surface area contributed by atoms with Crippen molar-refractivity contribution in [3.63, 3.8) is 0 Å². The molecule has 0 bridgehead atoms. The van der Waals surface area contributed by atoms with Crippen LogP contribution in [0.3, 0.4) is 0 Å². The Morgan fingerprint density at radius 1 is 1.07 bits per heavy atom. The molecule has 0 fully saturated rings. The van der Waals surface area contributed by atoms with Gasteiger partial charge in [-0.25, -0.2) is 0 Å². The number of carbonyl (C=O) groups is 1. The van der Waals surface area contributed by atoms with Gasteiger partial charge in [-0.2, -0.15) is 0 Å². The minimum atomic E-state index is -0.0801. The van der Waals surface area contributed by atoms with E-state index in [-0.39, 0.29) is 11.9 Å². The monoisotopic (exact) mass is 414 g/mol. The van der Waals surface area contributed by atoms with E-state index in [0.29, 0.717) is 22.2 Å². The number of amides is 1. The Hall–Kier alpha value is -2.23. The Balaban J connectivity index is 1.86. The first-order chi connectivity index (χ1) is 13.5. The second-order valence-electron chi connectivity index (χ2n) is 6.93. The lowest BCUT2D eigenvalue weighted by Gasteiger charge is -2.29. The van der Waals surface area contributed by atoms with Gasteiger partial charge in [0.05, 0.1) is 17.1 Å². The van der Waals surface area contributed by atoms with E-state index in [0.717, 1.165) is 18.7 Å². The highest BCUT2D eigenvalue weighted by molar-refractivity contribution is 6.36. The summed E-state index contributed by atoms with van der Waals surface area (Å²) < 4.78 is 2.18. The summed E-state index contributed by atoms with van der Waals surface area (Å²) in [5.41, 5.74) is 2.79. The van der Waals surface area contributed by atoms with Crippen molar-refractivity contribution in [2.24, 2.45) is 0 Å². The van der Waals surface area contributed by atoms with E-state index in [2.05, 4.69) is 42.8 Å². The van der Waals surface area contributed by atoms with Gasteiger partial charge in [0.15, 0.2) is 0 Å². The smallest absolute Gasteiger partial charge is 0.255 e. The number of hydrogen-bond donors (Lipinski definition) is 0. The zero-order valence-corrected chi connectivity index (χ0v) is 17.6. The van der Waals surface area contributed by atoms with Gasteiger partial charge in [-0.05, 0) is 49.2 Å². The summed E-state index contributed by atoms with van der Waals surface area (Å²) >= 11 is 12.3. The van der Waals surface area contributed by atoms with Crippen molar-refractivity contribution in [1.29, 1.82) is 0 Å². The molecule has 1 aromatic heterocycles. The molecule has 1 heterocycles. The van der Waals surface area contributed by atoms with Gasteiger partial charge in [-0.3, -0.25) is 4.79 Å². The number of aromatic nitrogens is 1. The normalized spacial score (nSPS) is 12.0. The molecule has 2 aromatic carbocycles. The summed E-state index contributed by atoms with van der Waals surface area (Å²) in [4.78, 5) is 15.1. The van der Waals surface area contributed by atoms with E-state index in [1.54, 1.807) is 18.2 Å². The molecule has 0 spiro atoms. The van der Waals surface area contributed by atoms with Crippen LogP contribution in [0.15, 0.2) is 66.9 Å². The predicted octanol–water partition coefficient (Wildman–Crippen LogP) is 6.28. The lowest BCUT2D eigenvalue weighted by atomic mass is 10.1. The Labute approximate surface area is 176 Å². The van der Waals surface area contributed by atoms with Crippen LogP contribution in [0.1, 0.15) is 41.9 Å². The standard InChI is InChI=1S/C23H24Cl2N2O/c1-3-17(2)27(23(28)21-12-11-19(24)14-22(21)25)16-20-10-7-13-26(20)15-18-8-5-4-6-9-18/h4-14,17H,3,15-16H2,1-2H3/t17-/m1/s1. The molecule has 5 heteroatoms. The van der Waals surface area contributed by atoms with Crippen LogP contribution >= 0.6 is 23.2 Å². The van der Waals surface area contributed by atoms with E-state index in [4.69, 9.17) is 23.2 Å². The van der Waals surface area contributed by atoms with Crippen LogP contribution in [0.25, 0.3) is 0 Å². The van der Waals surface area contributed by atoms with E-state index in [9.17, 15) is 4.79 Å². The fourth-order valence-corrected chi connectivity index (χ4v) is 3.66. The highest BCUT2D eigenvalue weighted by Crippen LogP contribution is 2.24. The first kappa shape index (κ1) is 20.5. The second kappa shape index (κ2) is 9.31. The zero-order chi connectivity index (χ0) is 20.1. The third-order valence-electron chi connectivity index (χ3n) is 5.00. The molecular weight excluding hydrogens is 391 g/mol. The van der Waals surface area contributed by atoms with E-state index >= 15 is 0 Å². The molecule has 28 heavy (non-hydrogen) atoms. The maximum atomic E-state index is 13.3. The van der Waals surface area contributed by atoms with Crippen LogP contribution in [0.5, 0.6) is 0 Å². The molecule has 3 nitrogen and oxygen atoms in total. The summed E-state index contributed by atoms with van der Waals surface area (Å²) in [5.74, 6) is -0.0801. The van der Waals surface area contributed by atoms with Crippen molar-refractivity contribution >= 4 is 29.1 Å². The van der Waals surface area contributed by atoms with Gasteiger partial charge in [-0.1, -0.05) is 60.5 Å². The summed E-state index contributed by atoms with van der Waals surface area (Å²) in [6.45, 7) is 5.43.